The summed E-state index contributed by atoms with van der Waals surface area (Å²) in [5.41, 5.74) is 8.19. The first-order valence-corrected chi connectivity index (χ1v) is 3.90. The van der Waals surface area contributed by atoms with Crippen molar-refractivity contribution in [3.63, 3.8) is 0 Å². The Labute approximate surface area is 71.6 Å². The number of hydrazine groups is 1. The fourth-order valence-electron chi connectivity index (χ4n) is 1.11. The van der Waals surface area contributed by atoms with Crippen LogP contribution in [0.2, 0.25) is 0 Å². The minimum absolute atomic E-state index is 1.08. The minimum atomic E-state index is 1.08. The fourth-order valence-corrected chi connectivity index (χ4v) is 1.11. The Kier molecular flexibility index (Phi) is 1.82. The van der Waals surface area contributed by atoms with E-state index in [9.17, 15) is 0 Å². The maximum atomic E-state index is 3.01. The van der Waals surface area contributed by atoms with E-state index in [1.165, 1.54) is 5.56 Å². The molecule has 0 aliphatic carbocycles. The highest BCUT2D eigenvalue weighted by molar-refractivity contribution is 5.55. The molecule has 1 aliphatic heterocycles. The van der Waals surface area contributed by atoms with Crippen LogP contribution in [-0.4, -0.2) is 0 Å². The molecule has 12 heavy (non-hydrogen) atoms. The average molecular weight is 158 g/mol. The van der Waals surface area contributed by atoms with Gasteiger partial charge in [0.15, 0.2) is 0 Å². The first-order valence-electron chi connectivity index (χ1n) is 3.90. The Morgan fingerprint density at radius 2 is 1.92 bits per heavy atom. The van der Waals surface area contributed by atoms with Crippen LogP contribution in [0.3, 0.4) is 0 Å². The van der Waals surface area contributed by atoms with E-state index >= 15 is 0 Å². The minimum Gasteiger partial charge on any atom is -0.308 e. The molecule has 1 heterocycles. The highest BCUT2D eigenvalue weighted by atomic mass is 15.4. The SMILES string of the molecule is C1=CC(=Cc2ccccc2)NN1. The number of hydrogen-bond acceptors (Lipinski definition) is 2. The van der Waals surface area contributed by atoms with Gasteiger partial charge >= 0.3 is 0 Å². The Morgan fingerprint density at radius 1 is 1.08 bits per heavy atom. The summed E-state index contributed by atoms with van der Waals surface area (Å²) in [6.07, 6.45) is 5.94. The van der Waals surface area contributed by atoms with Gasteiger partial charge in [0, 0.05) is 6.20 Å². The lowest BCUT2D eigenvalue weighted by Crippen LogP contribution is -2.18. The molecular formula is C10H10N2. The van der Waals surface area contributed by atoms with E-state index < -0.39 is 0 Å². The van der Waals surface area contributed by atoms with E-state index in [4.69, 9.17) is 0 Å². The first-order chi connectivity index (χ1) is 5.95. The Bertz CT molecular complexity index is 312. The molecule has 0 aromatic heterocycles. The predicted molar refractivity (Wildman–Crippen MR) is 49.8 cm³/mol. The van der Waals surface area contributed by atoms with Gasteiger partial charge in [-0.1, -0.05) is 30.3 Å². The summed E-state index contributed by atoms with van der Waals surface area (Å²) in [6, 6.07) is 10.2. The highest BCUT2D eigenvalue weighted by Gasteiger charge is 1.95. The molecule has 0 saturated carbocycles. The van der Waals surface area contributed by atoms with E-state index in [0.717, 1.165) is 5.70 Å². The molecule has 0 spiro atoms. The summed E-state index contributed by atoms with van der Waals surface area (Å²) < 4.78 is 0. The van der Waals surface area contributed by atoms with Crippen LogP contribution in [0.4, 0.5) is 0 Å². The summed E-state index contributed by atoms with van der Waals surface area (Å²) in [6.45, 7) is 0. The van der Waals surface area contributed by atoms with Crippen molar-refractivity contribution in [2.45, 2.75) is 0 Å². The largest absolute Gasteiger partial charge is 0.308 e. The quantitative estimate of drug-likeness (QED) is 0.649. The smallest absolute Gasteiger partial charge is 0.0560 e. The van der Waals surface area contributed by atoms with Gasteiger partial charge in [0.05, 0.1) is 5.70 Å². The molecule has 0 fully saturated rings. The molecule has 0 saturated heterocycles. The van der Waals surface area contributed by atoms with Gasteiger partial charge in [0.25, 0.3) is 0 Å². The lowest BCUT2D eigenvalue weighted by molar-refractivity contribution is 0.790. The van der Waals surface area contributed by atoms with Crippen LogP contribution in [0.1, 0.15) is 5.56 Å². The third kappa shape index (κ3) is 1.48. The second kappa shape index (κ2) is 3.13. The second-order valence-corrected chi connectivity index (χ2v) is 2.61. The fraction of sp³-hybridized carbons (Fsp3) is 0. The van der Waals surface area contributed by atoms with E-state index in [1.807, 2.05) is 30.5 Å². The lowest BCUT2D eigenvalue weighted by Gasteiger charge is -1.97. The van der Waals surface area contributed by atoms with Crippen LogP contribution >= 0.6 is 0 Å². The molecule has 0 radical (unpaired) electrons. The van der Waals surface area contributed by atoms with Gasteiger partial charge in [-0.15, -0.1) is 0 Å². The Hall–Kier alpha value is -1.70. The van der Waals surface area contributed by atoms with Gasteiger partial charge in [0.2, 0.25) is 0 Å². The van der Waals surface area contributed by atoms with Crippen molar-refractivity contribution >= 4 is 6.08 Å². The zero-order chi connectivity index (χ0) is 8.23. The van der Waals surface area contributed by atoms with Crippen molar-refractivity contribution in [1.82, 2.24) is 10.9 Å². The molecule has 2 N–H and O–H groups in total. The summed E-state index contributed by atoms with van der Waals surface area (Å²) in [5.74, 6) is 0. The van der Waals surface area contributed by atoms with Gasteiger partial charge in [0.1, 0.15) is 0 Å². The number of allylic oxidation sites excluding steroid dienone is 1. The van der Waals surface area contributed by atoms with Gasteiger partial charge in [-0.3, -0.25) is 0 Å². The van der Waals surface area contributed by atoms with Crippen molar-refractivity contribution in [1.29, 1.82) is 0 Å². The molecule has 1 aromatic rings. The van der Waals surface area contributed by atoms with Gasteiger partial charge in [-0.05, 0) is 17.7 Å². The maximum Gasteiger partial charge on any atom is 0.0560 e. The molecule has 1 aromatic carbocycles. The van der Waals surface area contributed by atoms with Crippen LogP contribution in [0, 0.1) is 0 Å². The van der Waals surface area contributed by atoms with Crippen LogP contribution < -0.4 is 10.9 Å². The molecule has 60 valence electrons. The summed E-state index contributed by atoms with van der Waals surface area (Å²) >= 11 is 0. The van der Waals surface area contributed by atoms with E-state index in [-0.39, 0.29) is 0 Å². The van der Waals surface area contributed by atoms with Crippen molar-refractivity contribution in [3.8, 4) is 0 Å². The molecule has 0 unspecified atom stereocenters. The van der Waals surface area contributed by atoms with Gasteiger partial charge in [-0.25, -0.2) is 0 Å². The monoisotopic (exact) mass is 158 g/mol. The molecular weight excluding hydrogens is 148 g/mol. The maximum absolute atomic E-state index is 3.01. The predicted octanol–water partition coefficient (Wildman–Crippen LogP) is 1.65. The second-order valence-electron chi connectivity index (χ2n) is 2.61. The molecule has 2 heteroatoms. The average Bonchev–Trinajstić information content (AvgIpc) is 2.59. The number of hydrogen-bond donors (Lipinski definition) is 2. The summed E-state index contributed by atoms with van der Waals surface area (Å²) in [5, 5.41) is 0. The molecule has 0 bridgehead atoms. The molecule has 2 nitrogen and oxygen atoms in total. The van der Waals surface area contributed by atoms with Crippen molar-refractivity contribution in [2.75, 3.05) is 0 Å². The first kappa shape index (κ1) is 6.98. The topological polar surface area (TPSA) is 24.1 Å². The zero-order valence-electron chi connectivity index (χ0n) is 6.62. The van der Waals surface area contributed by atoms with Crippen LogP contribution in [0.15, 0.2) is 48.3 Å². The van der Waals surface area contributed by atoms with Crippen LogP contribution in [-0.2, 0) is 0 Å². The van der Waals surface area contributed by atoms with E-state index in [1.54, 1.807) is 0 Å². The molecule has 0 atom stereocenters. The third-order valence-electron chi connectivity index (χ3n) is 1.68. The van der Waals surface area contributed by atoms with E-state index in [2.05, 4.69) is 29.1 Å². The number of rotatable bonds is 1. The van der Waals surface area contributed by atoms with Crippen molar-refractivity contribution < 1.29 is 0 Å². The highest BCUT2D eigenvalue weighted by Crippen LogP contribution is 2.06. The zero-order valence-corrected chi connectivity index (χ0v) is 6.62. The molecule has 2 rings (SSSR count). The summed E-state index contributed by atoms with van der Waals surface area (Å²) in [4.78, 5) is 0. The van der Waals surface area contributed by atoms with Crippen LogP contribution in [0.25, 0.3) is 6.08 Å². The number of nitrogens with one attached hydrogen (secondary N) is 2. The third-order valence-corrected chi connectivity index (χ3v) is 1.68. The number of benzene rings is 1. The lowest BCUT2D eigenvalue weighted by atomic mass is 10.2. The van der Waals surface area contributed by atoms with Gasteiger partial charge in [-0.2, -0.15) is 0 Å². The molecule has 1 aliphatic rings. The van der Waals surface area contributed by atoms with Gasteiger partial charge < -0.3 is 10.9 Å². The summed E-state index contributed by atoms with van der Waals surface area (Å²) in [7, 11) is 0. The van der Waals surface area contributed by atoms with Crippen LogP contribution in [0.5, 0.6) is 0 Å². The van der Waals surface area contributed by atoms with E-state index in [0.29, 0.717) is 0 Å². The Balaban J connectivity index is 2.22. The van der Waals surface area contributed by atoms with Crippen molar-refractivity contribution in [3.05, 3.63) is 53.9 Å². The standard InChI is InChI=1S/C10H10N2/c1-2-4-9(5-3-1)8-10-6-7-11-12-10/h1-8,11-12H. The van der Waals surface area contributed by atoms with Crippen molar-refractivity contribution in [2.24, 2.45) is 0 Å². The normalized spacial score (nSPS) is 17.5. The Morgan fingerprint density at radius 3 is 2.58 bits per heavy atom. The molecule has 0 amide bonds.